The van der Waals surface area contributed by atoms with Gasteiger partial charge in [-0.05, 0) is 58.4 Å². The third-order valence-electron chi connectivity index (χ3n) is 5.13. The normalized spacial score (nSPS) is 10.7. The SMILES string of the molecule is Cc1c(-c2ccccc2)cccc1-c1cccc(-c2ccccc2)c1C. The molecule has 0 saturated heterocycles. The van der Waals surface area contributed by atoms with E-state index in [2.05, 4.69) is 111 Å². The number of rotatable bonds is 3. The molecule has 0 aliphatic rings. The maximum atomic E-state index is 2.24. The van der Waals surface area contributed by atoms with Crippen molar-refractivity contribution in [1.82, 2.24) is 0 Å². The molecule has 4 aromatic rings. The van der Waals surface area contributed by atoms with Crippen molar-refractivity contribution in [2.24, 2.45) is 0 Å². The van der Waals surface area contributed by atoms with Crippen molar-refractivity contribution in [2.75, 3.05) is 0 Å². The van der Waals surface area contributed by atoms with Gasteiger partial charge in [0.25, 0.3) is 0 Å². The number of hydrogen-bond donors (Lipinski definition) is 0. The minimum absolute atomic E-state index is 1.27. The molecule has 0 aliphatic heterocycles. The number of hydrogen-bond acceptors (Lipinski definition) is 0. The highest BCUT2D eigenvalue weighted by Gasteiger charge is 2.12. The lowest BCUT2D eigenvalue weighted by molar-refractivity contribution is 1.40. The second kappa shape index (κ2) is 7.01. The fraction of sp³-hybridized carbons (Fsp3) is 0.0769. The topological polar surface area (TPSA) is 0 Å². The van der Waals surface area contributed by atoms with Crippen LogP contribution in [0.5, 0.6) is 0 Å². The van der Waals surface area contributed by atoms with Crippen LogP contribution in [0.1, 0.15) is 11.1 Å². The average molecular weight is 334 g/mol. The van der Waals surface area contributed by atoms with E-state index in [1.807, 2.05) is 0 Å². The standard InChI is InChI=1S/C26H22/c1-19-23(21-11-5-3-6-12-21)15-9-17-25(19)26-18-10-16-24(20(26)2)22-13-7-4-8-14-22/h3-18H,1-2H3. The Morgan fingerprint density at radius 1 is 0.346 bits per heavy atom. The Bertz CT molecular complexity index is 941. The fourth-order valence-corrected chi connectivity index (χ4v) is 3.72. The lowest BCUT2D eigenvalue weighted by atomic mass is 9.88. The molecule has 0 atom stereocenters. The third-order valence-corrected chi connectivity index (χ3v) is 5.13. The van der Waals surface area contributed by atoms with Gasteiger partial charge in [0.15, 0.2) is 0 Å². The van der Waals surface area contributed by atoms with Crippen molar-refractivity contribution in [3.05, 3.63) is 108 Å². The number of benzene rings is 4. The van der Waals surface area contributed by atoms with Crippen LogP contribution in [-0.2, 0) is 0 Å². The van der Waals surface area contributed by atoms with Gasteiger partial charge in [-0.15, -0.1) is 0 Å². The first-order valence-electron chi connectivity index (χ1n) is 9.06. The summed E-state index contributed by atoms with van der Waals surface area (Å²) in [6.07, 6.45) is 0. The fourth-order valence-electron chi connectivity index (χ4n) is 3.72. The zero-order chi connectivity index (χ0) is 17.9. The van der Waals surface area contributed by atoms with Gasteiger partial charge >= 0.3 is 0 Å². The molecule has 0 aliphatic carbocycles. The molecule has 0 spiro atoms. The van der Waals surface area contributed by atoms with Gasteiger partial charge in [0.2, 0.25) is 0 Å². The molecule has 0 heterocycles. The Morgan fingerprint density at radius 3 is 1.08 bits per heavy atom. The second-order valence-corrected chi connectivity index (χ2v) is 6.69. The molecule has 0 saturated carbocycles. The maximum absolute atomic E-state index is 2.24. The highest BCUT2D eigenvalue weighted by Crippen LogP contribution is 2.36. The van der Waals surface area contributed by atoms with Crippen LogP contribution in [0.2, 0.25) is 0 Å². The predicted octanol–water partition coefficient (Wildman–Crippen LogP) is 7.30. The summed E-state index contributed by atoms with van der Waals surface area (Å²) in [6, 6.07) is 34.5. The summed E-state index contributed by atoms with van der Waals surface area (Å²) in [4.78, 5) is 0. The quantitative estimate of drug-likeness (QED) is 0.368. The maximum Gasteiger partial charge on any atom is -0.0146 e. The van der Waals surface area contributed by atoms with Gasteiger partial charge in [-0.3, -0.25) is 0 Å². The van der Waals surface area contributed by atoms with Gasteiger partial charge in [-0.1, -0.05) is 97.1 Å². The lowest BCUT2D eigenvalue weighted by Crippen LogP contribution is -1.92. The summed E-state index contributed by atoms with van der Waals surface area (Å²) >= 11 is 0. The molecule has 126 valence electrons. The highest BCUT2D eigenvalue weighted by atomic mass is 14.2. The van der Waals surface area contributed by atoms with Crippen LogP contribution in [0.4, 0.5) is 0 Å². The van der Waals surface area contributed by atoms with Gasteiger partial charge in [0.1, 0.15) is 0 Å². The molecule has 0 heteroatoms. The molecule has 0 N–H and O–H groups in total. The van der Waals surface area contributed by atoms with Gasteiger partial charge in [-0.25, -0.2) is 0 Å². The first kappa shape index (κ1) is 16.4. The predicted molar refractivity (Wildman–Crippen MR) is 112 cm³/mol. The zero-order valence-electron chi connectivity index (χ0n) is 15.2. The van der Waals surface area contributed by atoms with E-state index < -0.39 is 0 Å². The van der Waals surface area contributed by atoms with Crippen LogP contribution in [0, 0.1) is 13.8 Å². The third kappa shape index (κ3) is 2.95. The lowest BCUT2D eigenvalue weighted by Gasteiger charge is -2.16. The van der Waals surface area contributed by atoms with Crippen molar-refractivity contribution in [1.29, 1.82) is 0 Å². The van der Waals surface area contributed by atoms with Crippen molar-refractivity contribution in [3.8, 4) is 33.4 Å². The van der Waals surface area contributed by atoms with Crippen LogP contribution in [0.3, 0.4) is 0 Å². The van der Waals surface area contributed by atoms with Crippen LogP contribution in [0.15, 0.2) is 97.1 Å². The van der Waals surface area contributed by atoms with Crippen molar-refractivity contribution < 1.29 is 0 Å². The highest BCUT2D eigenvalue weighted by molar-refractivity contribution is 5.83. The Kier molecular flexibility index (Phi) is 4.41. The van der Waals surface area contributed by atoms with E-state index >= 15 is 0 Å². The van der Waals surface area contributed by atoms with Crippen LogP contribution < -0.4 is 0 Å². The molecular formula is C26H22. The van der Waals surface area contributed by atoms with Crippen molar-refractivity contribution in [3.63, 3.8) is 0 Å². The first-order chi connectivity index (χ1) is 12.8. The van der Waals surface area contributed by atoms with Gasteiger partial charge in [0.05, 0.1) is 0 Å². The van der Waals surface area contributed by atoms with E-state index in [9.17, 15) is 0 Å². The Morgan fingerprint density at radius 2 is 0.692 bits per heavy atom. The monoisotopic (exact) mass is 334 g/mol. The van der Waals surface area contributed by atoms with E-state index in [1.54, 1.807) is 0 Å². The van der Waals surface area contributed by atoms with Gasteiger partial charge < -0.3 is 0 Å². The Balaban J connectivity index is 1.87. The van der Waals surface area contributed by atoms with Crippen LogP contribution in [0.25, 0.3) is 33.4 Å². The van der Waals surface area contributed by atoms with E-state index in [-0.39, 0.29) is 0 Å². The van der Waals surface area contributed by atoms with Gasteiger partial charge in [0, 0.05) is 0 Å². The van der Waals surface area contributed by atoms with Gasteiger partial charge in [-0.2, -0.15) is 0 Å². The minimum atomic E-state index is 1.27. The zero-order valence-corrected chi connectivity index (χ0v) is 15.2. The molecule has 4 rings (SSSR count). The summed E-state index contributed by atoms with van der Waals surface area (Å²) in [5, 5.41) is 0. The summed E-state index contributed by atoms with van der Waals surface area (Å²) in [6.45, 7) is 4.46. The minimum Gasteiger partial charge on any atom is -0.0622 e. The summed E-state index contributed by atoms with van der Waals surface area (Å²) in [5.74, 6) is 0. The van der Waals surface area contributed by atoms with Crippen LogP contribution in [-0.4, -0.2) is 0 Å². The molecule has 0 fully saturated rings. The molecule has 0 radical (unpaired) electrons. The first-order valence-corrected chi connectivity index (χ1v) is 9.06. The summed E-state index contributed by atoms with van der Waals surface area (Å²) in [5.41, 5.74) is 10.4. The molecule has 0 amide bonds. The molecule has 4 aromatic carbocycles. The van der Waals surface area contributed by atoms with Crippen molar-refractivity contribution >= 4 is 0 Å². The van der Waals surface area contributed by atoms with Crippen LogP contribution >= 0.6 is 0 Å². The molecule has 0 unspecified atom stereocenters. The summed E-state index contributed by atoms with van der Waals surface area (Å²) in [7, 11) is 0. The molecular weight excluding hydrogens is 312 g/mol. The van der Waals surface area contributed by atoms with E-state index in [1.165, 1.54) is 44.5 Å². The second-order valence-electron chi connectivity index (χ2n) is 6.69. The average Bonchev–Trinajstić information content (AvgIpc) is 2.70. The van der Waals surface area contributed by atoms with E-state index in [4.69, 9.17) is 0 Å². The van der Waals surface area contributed by atoms with E-state index in [0.717, 1.165) is 0 Å². The summed E-state index contributed by atoms with van der Waals surface area (Å²) < 4.78 is 0. The molecule has 26 heavy (non-hydrogen) atoms. The smallest absolute Gasteiger partial charge is 0.0146 e. The Hall–Kier alpha value is -3.12. The molecule has 0 nitrogen and oxygen atoms in total. The largest absolute Gasteiger partial charge is 0.0622 e. The molecule has 0 aromatic heterocycles. The van der Waals surface area contributed by atoms with Crippen molar-refractivity contribution in [2.45, 2.75) is 13.8 Å². The molecule has 0 bridgehead atoms. The Labute approximate surface area is 155 Å². The van der Waals surface area contributed by atoms with E-state index in [0.29, 0.717) is 0 Å².